The minimum absolute atomic E-state index is 0.00722. The number of rotatable bonds is 8. The van der Waals surface area contributed by atoms with Crippen molar-refractivity contribution in [2.24, 2.45) is 11.8 Å². The van der Waals surface area contributed by atoms with Gasteiger partial charge in [-0.3, -0.25) is 10.1 Å². The first-order valence-corrected chi connectivity index (χ1v) is 12.8. The summed E-state index contributed by atoms with van der Waals surface area (Å²) in [7, 11) is -3.49. The Morgan fingerprint density at radius 1 is 1.29 bits per heavy atom. The number of anilines is 1. The summed E-state index contributed by atoms with van der Waals surface area (Å²) in [5.74, 6) is -0.695. The number of hydrogen-bond acceptors (Lipinski definition) is 13. The van der Waals surface area contributed by atoms with Gasteiger partial charge in [-0.1, -0.05) is 13.8 Å². The van der Waals surface area contributed by atoms with Gasteiger partial charge in [0.05, 0.1) is 11.1 Å². The second-order valence-corrected chi connectivity index (χ2v) is 10.8. The predicted octanol–water partition coefficient (Wildman–Crippen LogP) is 2.33. The van der Waals surface area contributed by atoms with Crippen molar-refractivity contribution in [1.82, 2.24) is 20.6 Å². The molecule has 0 saturated carbocycles. The molecule has 2 aromatic rings. The molecule has 0 aliphatic carbocycles. The number of nitrogens with one attached hydrogen (secondary N) is 1. The zero-order valence-electron chi connectivity index (χ0n) is 19.4. The smallest absolute Gasteiger partial charge is 0.373 e. The van der Waals surface area contributed by atoms with E-state index in [9.17, 15) is 18.5 Å². The van der Waals surface area contributed by atoms with E-state index >= 15 is 0 Å². The third-order valence-electron chi connectivity index (χ3n) is 5.80. The summed E-state index contributed by atoms with van der Waals surface area (Å²) in [4.78, 5) is 41.0. The average molecular weight is 511 g/mol. The van der Waals surface area contributed by atoms with E-state index in [1.54, 1.807) is 4.90 Å². The highest BCUT2D eigenvalue weighted by Crippen LogP contribution is 2.42. The molecule has 15 heteroatoms. The van der Waals surface area contributed by atoms with Crippen molar-refractivity contribution in [3.05, 3.63) is 34.8 Å². The van der Waals surface area contributed by atoms with Crippen LogP contribution in [0.15, 0.2) is 29.7 Å². The highest BCUT2D eigenvalue weighted by atomic mass is 32.2. The van der Waals surface area contributed by atoms with Crippen LogP contribution in [-0.4, -0.2) is 53.4 Å². The van der Waals surface area contributed by atoms with Gasteiger partial charge in [-0.25, -0.2) is 23.2 Å². The van der Waals surface area contributed by atoms with Gasteiger partial charge in [-0.2, -0.15) is 9.87 Å². The molecule has 0 amide bonds. The fraction of sp³-hybridized carbons (Fsp3) is 0.550. The number of aromatic nitrogens is 3. The SMILES string of the molecule is CC(C)CC1(C2CCN(c3ncnc(Oc4ccc(S(C)(=O)=O)nc4)c3[N+](=O)[O-])CC2)ONOO1. The van der Waals surface area contributed by atoms with Gasteiger partial charge < -0.3 is 9.64 Å². The van der Waals surface area contributed by atoms with E-state index in [4.69, 9.17) is 19.5 Å². The van der Waals surface area contributed by atoms with Gasteiger partial charge in [0.1, 0.15) is 12.1 Å². The highest BCUT2D eigenvalue weighted by Gasteiger charge is 2.49. The zero-order chi connectivity index (χ0) is 25.2. The molecule has 2 aliphatic heterocycles. The molecule has 0 radical (unpaired) electrons. The quantitative estimate of drug-likeness (QED) is 0.312. The van der Waals surface area contributed by atoms with Crippen molar-refractivity contribution < 1.29 is 32.8 Å². The topological polar surface area (TPSA) is 168 Å². The van der Waals surface area contributed by atoms with E-state index in [1.807, 2.05) is 0 Å². The van der Waals surface area contributed by atoms with Crippen LogP contribution in [0.25, 0.3) is 0 Å². The molecular formula is C20H26N6O8S. The first-order chi connectivity index (χ1) is 16.6. The normalized spacial score (nSPS) is 21.4. The zero-order valence-corrected chi connectivity index (χ0v) is 20.2. The van der Waals surface area contributed by atoms with Crippen molar-refractivity contribution in [3.8, 4) is 11.6 Å². The van der Waals surface area contributed by atoms with E-state index in [1.165, 1.54) is 24.7 Å². The van der Waals surface area contributed by atoms with Gasteiger partial charge in [0.15, 0.2) is 14.9 Å². The lowest BCUT2D eigenvalue weighted by atomic mass is 9.84. The van der Waals surface area contributed by atoms with Gasteiger partial charge in [0, 0.05) is 31.7 Å². The number of hydrogen-bond donors (Lipinski definition) is 1. The Morgan fingerprint density at radius 2 is 2.03 bits per heavy atom. The van der Waals surface area contributed by atoms with Crippen molar-refractivity contribution in [2.45, 2.75) is 43.9 Å². The lowest BCUT2D eigenvalue weighted by Crippen LogP contribution is -2.47. The van der Waals surface area contributed by atoms with Gasteiger partial charge in [-0.15, -0.1) is 4.99 Å². The second-order valence-electron chi connectivity index (χ2n) is 8.84. The Balaban J connectivity index is 1.53. The third kappa shape index (κ3) is 5.48. The summed E-state index contributed by atoms with van der Waals surface area (Å²) in [6, 6.07) is 2.61. The third-order valence-corrected chi connectivity index (χ3v) is 6.80. The summed E-state index contributed by atoms with van der Waals surface area (Å²) in [5, 5.41) is 11.8. The van der Waals surface area contributed by atoms with E-state index in [0.717, 1.165) is 6.26 Å². The maximum atomic E-state index is 12.0. The predicted molar refractivity (Wildman–Crippen MR) is 120 cm³/mol. The number of piperidine rings is 1. The summed E-state index contributed by atoms with van der Waals surface area (Å²) in [6.07, 6.45) is 5.22. The molecule has 1 unspecified atom stereocenters. The molecule has 4 rings (SSSR count). The van der Waals surface area contributed by atoms with Crippen LogP contribution in [0.2, 0.25) is 0 Å². The minimum atomic E-state index is -3.49. The van der Waals surface area contributed by atoms with E-state index in [2.05, 4.69) is 34.4 Å². The average Bonchev–Trinajstić information content (AvgIpc) is 3.27. The number of sulfone groups is 1. The fourth-order valence-corrected chi connectivity index (χ4v) is 4.82. The number of nitrogens with zero attached hydrogens (tertiary/aromatic N) is 5. The molecule has 2 saturated heterocycles. The summed E-state index contributed by atoms with van der Waals surface area (Å²) >= 11 is 0. The van der Waals surface area contributed by atoms with Gasteiger partial charge >= 0.3 is 11.6 Å². The van der Waals surface area contributed by atoms with Crippen LogP contribution >= 0.6 is 0 Å². The molecule has 2 fully saturated rings. The fourth-order valence-electron chi connectivity index (χ4n) is 4.26. The van der Waals surface area contributed by atoms with Gasteiger partial charge in [0.2, 0.25) is 11.6 Å². The summed E-state index contributed by atoms with van der Waals surface area (Å²) in [6.45, 7) is 5.02. The van der Waals surface area contributed by atoms with Crippen LogP contribution in [-0.2, 0) is 24.6 Å². The van der Waals surface area contributed by atoms with E-state index in [-0.39, 0.29) is 28.4 Å². The van der Waals surface area contributed by atoms with Crippen LogP contribution in [0.4, 0.5) is 11.5 Å². The molecule has 1 N–H and O–H groups in total. The largest absolute Gasteiger partial charge is 0.432 e. The molecular weight excluding hydrogens is 484 g/mol. The Bertz CT molecular complexity index is 1160. The van der Waals surface area contributed by atoms with Crippen LogP contribution < -0.4 is 15.3 Å². The molecule has 14 nitrogen and oxygen atoms in total. The van der Waals surface area contributed by atoms with Gasteiger partial charge in [-0.05, 0) is 36.5 Å². The molecule has 1 atom stereocenters. The van der Waals surface area contributed by atoms with E-state index in [0.29, 0.717) is 38.3 Å². The van der Waals surface area contributed by atoms with Crippen LogP contribution in [0.3, 0.4) is 0 Å². The Morgan fingerprint density at radius 3 is 2.57 bits per heavy atom. The first kappa shape index (κ1) is 25.1. The van der Waals surface area contributed by atoms with Crippen molar-refractivity contribution in [2.75, 3.05) is 24.2 Å². The summed E-state index contributed by atoms with van der Waals surface area (Å²) in [5.41, 5.74) is 1.93. The maximum Gasteiger partial charge on any atom is 0.373 e. The molecule has 4 heterocycles. The summed E-state index contributed by atoms with van der Waals surface area (Å²) < 4.78 is 28.8. The van der Waals surface area contributed by atoms with Gasteiger partial charge in [0.25, 0.3) is 0 Å². The molecule has 2 aromatic heterocycles. The monoisotopic (exact) mass is 510 g/mol. The second kappa shape index (κ2) is 9.94. The lowest BCUT2D eigenvalue weighted by molar-refractivity contribution is -0.385. The number of ether oxygens (including phenoxy) is 1. The van der Waals surface area contributed by atoms with E-state index < -0.39 is 26.2 Å². The molecule has 0 spiro atoms. The van der Waals surface area contributed by atoms with Crippen molar-refractivity contribution >= 4 is 21.3 Å². The van der Waals surface area contributed by atoms with Crippen molar-refractivity contribution in [1.29, 1.82) is 0 Å². The number of pyridine rings is 1. The van der Waals surface area contributed by atoms with Crippen LogP contribution in [0.5, 0.6) is 11.6 Å². The maximum absolute atomic E-state index is 12.0. The Hall–Kier alpha value is -2.98. The number of nitro groups is 1. The lowest BCUT2D eigenvalue weighted by Gasteiger charge is -2.39. The molecule has 0 bridgehead atoms. The molecule has 2 aliphatic rings. The molecule has 190 valence electrons. The minimum Gasteiger partial charge on any atom is -0.432 e. The van der Waals surface area contributed by atoms with Crippen LogP contribution in [0, 0.1) is 22.0 Å². The van der Waals surface area contributed by atoms with Crippen LogP contribution in [0.1, 0.15) is 33.1 Å². The standard InChI is InChI=1S/C20H26N6O8S/c1-13(2)10-20(32-24-34-33-20)14-6-8-25(9-7-14)18-17(26(27)28)19(23-12-22-18)31-15-4-5-16(21-11-15)35(3,29)30/h4-5,11-14,24H,6-10H2,1-3H3. The Labute approximate surface area is 201 Å². The van der Waals surface area contributed by atoms with Crippen molar-refractivity contribution in [3.63, 3.8) is 0 Å². The molecule has 0 aromatic carbocycles. The Kier molecular flexibility index (Phi) is 7.14. The highest BCUT2D eigenvalue weighted by molar-refractivity contribution is 7.90. The first-order valence-electron chi connectivity index (χ1n) is 10.9. The molecule has 35 heavy (non-hydrogen) atoms.